The molecular formula is C38H25N2OP. The standard InChI is InChI=1S/C38H25N2OP/c41-42(29-13-2-1-3-14-29,36-18-8-12-26-10-4-7-16-32(26)36)30-21-19-27(20-22-30)34-24-35-31-15-6-5-11-28(31)25-40-38(35)37-33(34)17-9-23-39-37/h1-25H. The van der Waals surface area contributed by atoms with Crippen LogP contribution in [-0.4, -0.2) is 9.97 Å². The van der Waals surface area contributed by atoms with E-state index in [1.54, 1.807) is 0 Å². The van der Waals surface area contributed by atoms with E-state index < -0.39 is 7.14 Å². The Labute approximate surface area is 243 Å². The third-order valence-corrected chi connectivity index (χ3v) is 11.3. The van der Waals surface area contributed by atoms with Gasteiger partial charge in [-0.25, -0.2) is 0 Å². The molecule has 6 aromatic carbocycles. The zero-order valence-electron chi connectivity index (χ0n) is 22.7. The van der Waals surface area contributed by atoms with Crippen molar-refractivity contribution in [3.05, 3.63) is 152 Å². The van der Waals surface area contributed by atoms with Gasteiger partial charge in [0.15, 0.2) is 7.14 Å². The van der Waals surface area contributed by atoms with Crippen LogP contribution in [0.2, 0.25) is 0 Å². The maximum atomic E-state index is 15.4. The number of nitrogens with zero attached hydrogens (tertiary/aromatic N) is 2. The molecule has 0 saturated heterocycles. The normalized spacial score (nSPS) is 13.0. The summed E-state index contributed by atoms with van der Waals surface area (Å²) in [4.78, 5) is 9.57. The molecule has 1 atom stereocenters. The first-order valence-corrected chi connectivity index (χ1v) is 15.7. The van der Waals surface area contributed by atoms with E-state index in [9.17, 15) is 0 Å². The highest BCUT2D eigenvalue weighted by atomic mass is 31.2. The Kier molecular flexibility index (Phi) is 5.73. The lowest BCUT2D eigenvalue weighted by molar-refractivity contribution is 0.592. The number of aromatic nitrogens is 2. The average Bonchev–Trinajstić information content (AvgIpc) is 3.07. The monoisotopic (exact) mass is 556 g/mol. The van der Waals surface area contributed by atoms with Gasteiger partial charge in [-0.05, 0) is 39.4 Å². The number of benzene rings is 6. The van der Waals surface area contributed by atoms with Gasteiger partial charge in [0.05, 0.1) is 11.0 Å². The smallest absolute Gasteiger partial charge is 0.171 e. The summed E-state index contributed by atoms with van der Waals surface area (Å²) < 4.78 is 15.4. The van der Waals surface area contributed by atoms with Crippen molar-refractivity contribution in [2.24, 2.45) is 0 Å². The summed E-state index contributed by atoms with van der Waals surface area (Å²) >= 11 is 0. The summed E-state index contributed by atoms with van der Waals surface area (Å²) in [6, 6.07) is 47.1. The number of hydrogen-bond donors (Lipinski definition) is 0. The minimum Gasteiger partial charge on any atom is -0.309 e. The quantitative estimate of drug-likeness (QED) is 0.162. The summed E-state index contributed by atoms with van der Waals surface area (Å²) in [5, 5.41) is 8.96. The molecule has 0 amide bonds. The zero-order chi connectivity index (χ0) is 28.1. The lowest BCUT2D eigenvalue weighted by Crippen LogP contribution is -2.25. The third kappa shape index (κ3) is 3.79. The van der Waals surface area contributed by atoms with Crippen molar-refractivity contribution in [2.75, 3.05) is 0 Å². The molecule has 0 aliphatic heterocycles. The molecule has 0 bridgehead atoms. The third-order valence-electron chi connectivity index (χ3n) is 8.22. The van der Waals surface area contributed by atoms with Crippen LogP contribution in [0.1, 0.15) is 0 Å². The number of fused-ring (bicyclic) bond motifs is 6. The summed E-state index contributed by atoms with van der Waals surface area (Å²) in [6.07, 6.45) is 3.75. The Morgan fingerprint density at radius 1 is 0.476 bits per heavy atom. The van der Waals surface area contributed by atoms with E-state index in [0.29, 0.717) is 0 Å². The van der Waals surface area contributed by atoms with Gasteiger partial charge in [-0.15, -0.1) is 0 Å². The number of hydrogen-bond acceptors (Lipinski definition) is 3. The van der Waals surface area contributed by atoms with Crippen LogP contribution in [0.3, 0.4) is 0 Å². The van der Waals surface area contributed by atoms with Crippen LogP contribution in [0, 0.1) is 0 Å². The molecule has 0 aliphatic rings. The predicted octanol–water partition coefficient (Wildman–Crippen LogP) is 8.40. The fourth-order valence-electron chi connectivity index (χ4n) is 6.19. The average molecular weight is 557 g/mol. The first kappa shape index (κ1) is 24.7. The first-order valence-electron chi connectivity index (χ1n) is 14.0. The molecule has 8 rings (SSSR count). The minimum atomic E-state index is -3.18. The van der Waals surface area contributed by atoms with Crippen LogP contribution in [0.4, 0.5) is 0 Å². The Balaban J connectivity index is 1.35. The maximum absolute atomic E-state index is 15.4. The maximum Gasteiger partial charge on any atom is 0.171 e. The van der Waals surface area contributed by atoms with E-state index in [1.165, 1.54) is 0 Å². The molecule has 0 saturated carbocycles. The topological polar surface area (TPSA) is 42.9 Å². The molecule has 2 heterocycles. The van der Waals surface area contributed by atoms with Gasteiger partial charge >= 0.3 is 0 Å². The van der Waals surface area contributed by atoms with E-state index in [4.69, 9.17) is 9.97 Å². The van der Waals surface area contributed by atoms with Crippen LogP contribution >= 0.6 is 7.14 Å². The second kappa shape index (κ2) is 9.76. The highest BCUT2D eigenvalue weighted by Crippen LogP contribution is 2.45. The largest absolute Gasteiger partial charge is 0.309 e. The van der Waals surface area contributed by atoms with Crippen molar-refractivity contribution in [2.45, 2.75) is 0 Å². The molecule has 0 fully saturated rings. The van der Waals surface area contributed by atoms with Crippen LogP contribution in [-0.2, 0) is 4.57 Å². The molecule has 8 aromatic rings. The highest BCUT2D eigenvalue weighted by Gasteiger charge is 2.31. The van der Waals surface area contributed by atoms with E-state index in [-0.39, 0.29) is 0 Å². The van der Waals surface area contributed by atoms with Crippen molar-refractivity contribution in [1.82, 2.24) is 9.97 Å². The lowest BCUT2D eigenvalue weighted by Gasteiger charge is -2.22. The van der Waals surface area contributed by atoms with Gasteiger partial charge in [-0.1, -0.05) is 127 Å². The molecule has 0 N–H and O–H groups in total. The van der Waals surface area contributed by atoms with E-state index in [1.807, 2.05) is 91.3 Å². The predicted molar refractivity (Wildman–Crippen MR) is 177 cm³/mol. The Morgan fingerprint density at radius 3 is 1.95 bits per heavy atom. The van der Waals surface area contributed by atoms with Crippen LogP contribution in [0.5, 0.6) is 0 Å². The van der Waals surface area contributed by atoms with E-state index in [2.05, 4.69) is 60.7 Å². The summed E-state index contributed by atoms with van der Waals surface area (Å²) in [5.74, 6) is 0. The highest BCUT2D eigenvalue weighted by molar-refractivity contribution is 7.85. The van der Waals surface area contributed by atoms with Gasteiger partial charge < -0.3 is 4.57 Å². The van der Waals surface area contributed by atoms with E-state index >= 15 is 4.57 Å². The zero-order valence-corrected chi connectivity index (χ0v) is 23.6. The van der Waals surface area contributed by atoms with Gasteiger partial charge in [0.25, 0.3) is 0 Å². The molecule has 0 radical (unpaired) electrons. The molecule has 2 aromatic heterocycles. The molecule has 0 aliphatic carbocycles. The van der Waals surface area contributed by atoms with E-state index in [0.717, 1.165) is 70.4 Å². The van der Waals surface area contributed by atoms with Crippen LogP contribution in [0.15, 0.2) is 152 Å². The molecular weight excluding hydrogens is 531 g/mol. The van der Waals surface area contributed by atoms with Crippen molar-refractivity contribution in [3.63, 3.8) is 0 Å². The lowest BCUT2D eigenvalue weighted by atomic mass is 9.96. The molecule has 3 nitrogen and oxygen atoms in total. The molecule has 198 valence electrons. The SMILES string of the molecule is O=P(c1ccccc1)(c1ccc(-c2cc3c4ccccc4cnc3c3ncccc23)cc1)c1cccc2ccccc12. The Morgan fingerprint density at radius 2 is 1.12 bits per heavy atom. The fraction of sp³-hybridized carbons (Fsp3) is 0. The van der Waals surface area contributed by atoms with Gasteiger partial charge in [0, 0.05) is 44.5 Å². The van der Waals surface area contributed by atoms with Gasteiger partial charge in [0.1, 0.15) is 0 Å². The van der Waals surface area contributed by atoms with Crippen molar-refractivity contribution < 1.29 is 4.57 Å². The molecule has 4 heteroatoms. The first-order chi connectivity index (χ1) is 20.7. The second-order valence-corrected chi connectivity index (χ2v) is 13.3. The Bertz CT molecular complexity index is 2320. The van der Waals surface area contributed by atoms with Crippen molar-refractivity contribution in [1.29, 1.82) is 0 Å². The summed E-state index contributed by atoms with van der Waals surface area (Å²) in [5.41, 5.74) is 3.90. The van der Waals surface area contributed by atoms with Crippen LogP contribution in [0.25, 0.3) is 54.5 Å². The van der Waals surface area contributed by atoms with Gasteiger partial charge in [-0.2, -0.15) is 0 Å². The van der Waals surface area contributed by atoms with Crippen molar-refractivity contribution in [3.8, 4) is 11.1 Å². The van der Waals surface area contributed by atoms with Crippen LogP contribution < -0.4 is 15.9 Å². The molecule has 1 unspecified atom stereocenters. The van der Waals surface area contributed by atoms with Gasteiger partial charge in [-0.3, -0.25) is 9.97 Å². The molecule has 0 spiro atoms. The minimum absolute atomic E-state index is 0.809. The second-order valence-electron chi connectivity index (χ2n) is 10.6. The summed E-state index contributed by atoms with van der Waals surface area (Å²) in [7, 11) is -3.18. The molecule has 42 heavy (non-hydrogen) atoms. The Hall–Kier alpha value is -5.11. The van der Waals surface area contributed by atoms with Gasteiger partial charge in [0.2, 0.25) is 0 Å². The number of pyridine rings is 2. The number of rotatable bonds is 4. The van der Waals surface area contributed by atoms with Crippen molar-refractivity contribution >= 4 is 66.4 Å². The fourth-order valence-corrected chi connectivity index (χ4v) is 9.05. The summed E-state index contributed by atoms with van der Waals surface area (Å²) in [6.45, 7) is 0.